The van der Waals surface area contributed by atoms with Crippen LogP contribution in [0, 0.1) is 11.6 Å². The predicted molar refractivity (Wildman–Crippen MR) is 82.6 cm³/mol. The lowest BCUT2D eigenvalue weighted by Crippen LogP contribution is -2.40. The van der Waals surface area contributed by atoms with E-state index in [1.807, 2.05) is 0 Å². The van der Waals surface area contributed by atoms with E-state index in [1.165, 1.54) is 0 Å². The topological polar surface area (TPSA) is 99.1 Å². The van der Waals surface area contributed by atoms with E-state index in [1.54, 1.807) is 6.92 Å². The molecule has 1 aliphatic carbocycles. The Kier molecular flexibility index (Phi) is 4.28. The zero-order chi connectivity index (χ0) is 18.4. The number of benzene rings is 1. The molecule has 0 unspecified atom stereocenters. The van der Waals surface area contributed by atoms with Gasteiger partial charge in [-0.1, -0.05) is 0 Å². The molecule has 1 heterocycles. The molecular weight excluding hydrogens is 338 g/mol. The van der Waals surface area contributed by atoms with Crippen LogP contribution in [0.3, 0.4) is 0 Å². The van der Waals surface area contributed by atoms with E-state index in [9.17, 15) is 23.5 Å². The second kappa shape index (κ2) is 6.14. The summed E-state index contributed by atoms with van der Waals surface area (Å²) in [7, 11) is 0. The standard InChI is InChI=1S/C16H18F2N2O5/c1-16(24)4-8(5-16)13-11(17)2-9(3-12(13)18)20-7-10(25-15(20)23)6-19-14(21)22/h2-3,8,10,19,24H,4-7H2,1H3,(H,21,22)/t8?,10-,16?/m0/s1. The highest BCUT2D eigenvalue weighted by Gasteiger charge is 2.42. The van der Waals surface area contributed by atoms with Crippen molar-refractivity contribution in [2.24, 2.45) is 0 Å². The molecule has 2 amide bonds. The van der Waals surface area contributed by atoms with Gasteiger partial charge in [0.25, 0.3) is 0 Å². The first-order valence-electron chi connectivity index (χ1n) is 7.82. The number of amides is 2. The zero-order valence-corrected chi connectivity index (χ0v) is 13.5. The van der Waals surface area contributed by atoms with Crippen molar-refractivity contribution in [2.75, 3.05) is 18.0 Å². The van der Waals surface area contributed by atoms with Crippen LogP contribution >= 0.6 is 0 Å². The summed E-state index contributed by atoms with van der Waals surface area (Å²) < 4.78 is 33.7. The number of aliphatic hydroxyl groups is 1. The summed E-state index contributed by atoms with van der Waals surface area (Å²) in [6, 6.07) is 2.11. The van der Waals surface area contributed by atoms with Crippen LogP contribution < -0.4 is 10.2 Å². The van der Waals surface area contributed by atoms with Crippen molar-refractivity contribution in [3.63, 3.8) is 0 Å². The molecule has 1 aromatic carbocycles. The molecule has 2 fully saturated rings. The lowest BCUT2D eigenvalue weighted by molar-refractivity contribution is -0.0328. The summed E-state index contributed by atoms with van der Waals surface area (Å²) in [5, 5.41) is 20.4. The number of hydrogen-bond acceptors (Lipinski definition) is 4. The molecule has 2 aliphatic rings. The number of nitrogens with one attached hydrogen (secondary N) is 1. The van der Waals surface area contributed by atoms with Crippen molar-refractivity contribution in [1.29, 1.82) is 0 Å². The predicted octanol–water partition coefficient (Wildman–Crippen LogP) is 2.19. The van der Waals surface area contributed by atoms with Crippen LogP contribution in [0.4, 0.5) is 24.1 Å². The van der Waals surface area contributed by atoms with Gasteiger partial charge in [0.1, 0.15) is 17.7 Å². The number of rotatable bonds is 4. The first kappa shape index (κ1) is 17.4. The third-order valence-electron chi connectivity index (χ3n) is 4.51. The second-order valence-electron chi connectivity index (χ2n) is 6.73. The van der Waals surface area contributed by atoms with Crippen molar-refractivity contribution in [3.05, 3.63) is 29.3 Å². The average molecular weight is 356 g/mol. The highest BCUT2D eigenvalue weighted by atomic mass is 19.1. The van der Waals surface area contributed by atoms with Crippen LogP contribution in [0.2, 0.25) is 0 Å². The molecule has 1 saturated heterocycles. The highest BCUT2D eigenvalue weighted by Crippen LogP contribution is 2.46. The second-order valence-corrected chi connectivity index (χ2v) is 6.73. The number of nitrogens with zero attached hydrogens (tertiary/aromatic N) is 1. The molecule has 1 atom stereocenters. The van der Waals surface area contributed by atoms with E-state index >= 15 is 0 Å². The van der Waals surface area contributed by atoms with Gasteiger partial charge in [-0.3, -0.25) is 4.90 Å². The third-order valence-corrected chi connectivity index (χ3v) is 4.51. The average Bonchev–Trinajstić information content (AvgIpc) is 2.83. The Morgan fingerprint density at radius 2 is 2.00 bits per heavy atom. The third kappa shape index (κ3) is 3.51. The molecule has 136 valence electrons. The van der Waals surface area contributed by atoms with Crippen LogP contribution in [0.5, 0.6) is 0 Å². The maximum Gasteiger partial charge on any atom is 0.414 e. The SMILES string of the molecule is CC1(O)CC(c2c(F)cc(N3C[C@H](CNC(=O)O)OC3=O)cc2F)C1. The number of ether oxygens (including phenoxy) is 1. The summed E-state index contributed by atoms with van der Waals surface area (Å²) in [5.74, 6) is -1.96. The van der Waals surface area contributed by atoms with Crippen LogP contribution in [-0.4, -0.2) is 47.2 Å². The van der Waals surface area contributed by atoms with Crippen LogP contribution in [0.25, 0.3) is 0 Å². The van der Waals surface area contributed by atoms with E-state index < -0.39 is 41.4 Å². The Bertz CT molecular complexity index is 693. The normalized spacial score (nSPS) is 28.5. The summed E-state index contributed by atoms with van der Waals surface area (Å²) >= 11 is 0. The van der Waals surface area contributed by atoms with Crippen LogP contribution in [-0.2, 0) is 4.74 Å². The van der Waals surface area contributed by atoms with Gasteiger partial charge in [-0.05, 0) is 37.8 Å². The molecule has 3 N–H and O–H groups in total. The first-order valence-corrected chi connectivity index (χ1v) is 7.82. The number of cyclic esters (lactones) is 1. The van der Waals surface area contributed by atoms with Crippen LogP contribution in [0.1, 0.15) is 31.2 Å². The van der Waals surface area contributed by atoms with Gasteiger partial charge < -0.3 is 20.3 Å². The molecule has 0 radical (unpaired) electrons. The number of carbonyl (C=O) groups is 2. The molecule has 7 nitrogen and oxygen atoms in total. The fourth-order valence-corrected chi connectivity index (χ4v) is 3.36. The summed E-state index contributed by atoms with van der Waals surface area (Å²) in [5.41, 5.74) is -0.995. The van der Waals surface area contributed by atoms with E-state index in [-0.39, 0.29) is 37.2 Å². The number of carboxylic acid groups (broad SMARTS) is 1. The maximum absolute atomic E-state index is 14.4. The van der Waals surface area contributed by atoms with E-state index in [0.717, 1.165) is 17.0 Å². The van der Waals surface area contributed by atoms with E-state index in [4.69, 9.17) is 9.84 Å². The number of carbonyl (C=O) groups excluding carboxylic acids is 1. The van der Waals surface area contributed by atoms with Gasteiger partial charge in [-0.25, -0.2) is 18.4 Å². The lowest BCUT2D eigenvalue weighted by Gasteiger charge is -2.41. The molecule has 9 heteroatoms. The van der Waals surface area contributed by atoms with Crippen molar-refractivity contribution >= 4 is 17.9 Å². The van der Waals surface area contributed by atoms with Gasteiger partial charge in [0.2, 0.25) is 0 Å². The molecule has 25 heavy (non-hydrogen) atoms. The largest absolute Gasteiger partial charge is 0.465 e. The molecule has 1 aliphatic heterocycles. The zero-order valence-electron chi connectivity index (χ0n) is 13.5. The Hall–Kier alpha value is -2.42. The van der Waals surface area contributed by atoms with E-state index in [2.05, 4.69) is 5.32 Å². The smallest absolute Gasteiger partial charge is 0.414 e. The fraction of sp³-hybridized carbons (Fsp3) is 0.500. The minimum atomic E-state index is -1.26. The number of hydrogen-bond donors (Lipinski definition) is 3. The minimum absolute atomic E-state index is 0.00709. The van der Waals surface area contributed by atoms with E-state index in [0.29, 0.717) is 0 Å². The minimum Gasteiger partial charge on any atom is -0.465 e. The van der Waals surface area contributed by atoms with Gasteiger partial charge >= 0.3 is 12.2 Å². The first-order chi connectivity index (χ1) is 11.7. The quantitative estimate of drug-likeness (QED) is 0.768. The highest BCUT2D eigenvalue weighted by molar-refractivity contribution is 5.89. The lowest BCUT2D eigenvalue weighted by atomic mass is 9.69. The molecule has 1 saturated carbocycles. The number of halogens is 2. The maximum atomic E-state index is 14.4. The Labute approximate surface area is 142 Å². The van der Waals surface area contributed by atoms with Crippen molar-refractivity contribution in [2.45, 2.75) is 37.4 Å². The van der Waals surface area contributed by atoms with Gasteiger partial charge in [0.15, 0.2) is 0 Å². The molecule has 3 rings (SSSR count). The summed E-state index contributed by atoms with van der Waals surface area (Å²) in [4.78, 5) is 23.4. The monoisotopic (exact) mass is 356 g/mol. The van der Waals surface area contributed by atoms with Crippen LogP contribution in [0.15, 0.2) is 12.1 Å². The number of anilines is 1. The fourth-order valence-electron chi connectivity index (χ4n) is 3.36. The summed E-state index contributed by atoms with van der Waals surface area (Å²) in [6.45, 7) is 1.48. The Balaban J connectivity index is 1.75. The molecule has 0 bridgehead atoms. The van der Waals surface area contributed by atoms with Crippen molar-refractivity contribution in [1.82, 2.24) is 5.32 Å². The summed E-state index contributed by atoms with van der Waals surface area (Å²) in [6.07, 6.45) is -2.25. The van der Waals surface area contributed by atoms with Crippen molar-refractivity contribution in [3.8, 4) is 0 Å². The molecule has 1 aromatic rings. The van der Waals surface area contributed by atoms with Gasteiger partial charge in [-0.2, -0.15) is 0 Å². The molecule has 0 aromatic heterocycles. The van der Waals surface area contributed by atoms with Gasteiger partial charge in [0.05, 0.1) is 24.4 Å². The molecular formula is C16H18F2N2O5. The van der Waals surface area contributed by atoms with Gasteiger partial charge in [-0.15, -0.1) is 0 Å². The van der Waals surface area contributed by atoms with Gasteiger partial charge in [0, 0.05) is 5.56 Å². The van der Waals surface area contributed by atoms with Crippen molar-refractivity contribution < 1.29 is 33.3 Å². The molecule has 0 spiro atoms. The Morgan fingerprint density at radius 1 is 1.40 bits per heavy atom. The Morgan fingerprint density at radius 3 is 2.52 bits per heavy atom.